The molecule has 3 aromatic rings. The van der Waals surface area contributed by atoms with Crippen molar-refractivity contribution in [2.24, 2.45) is 17.8 Å². The number of nitrogens with zero attached hydrogens (tertiary/aromatic N) is 1. The molecule has 12 heteroatoms. The molecule has 2 aromatic carbocycles. The molecule has 1 aliphatic carbocycles. The summed E-state index contributed by atoms with van der Waals surface area (Å²) in [5.41, 5.74) is 1.08. The first-order valence-electron chi connectivity index (χ1n) is 15.9. The van der Waals surface area contributed by atoms with Crippen molar-refractivity contribution >= 4 is 40.3 Å². The first-order chi connectivity index (χ1) is 22.3. The zero-order chi connectivity index (χ0) is 32.2. The third-order valence-corrected chi connectivity index (χ3v) is 9.43. The summed E-state index contributed by atoms with van der Waals surface area (Å²) in [5, 5.41) is 8.90. The lowest BCUT2D eigenvalue weighted by Gasteiger charge is -2.29. The van der Waals surface area contributed by atoms with Crippen molar-refractivity contribution in [3.8, 4) is 11.5 Å². The summed E-state index contributed by atoms with van der Waals surface area (Å²) in [6, 6.07) is 14.3. The van der Waals surface area contributed by atoms with E-state index in [1.807, 2.05) is 36.4 Å². The van der Waals surface area contributed by atoms with E-state index in [-0.39, 0.29) is 43.2 Å². The van der Waals surface area contributed by atoms with E-state index in [1.54, 1.807) is 30.2 Å². The Labute approximate surface area is 266 Å². The molecule has 1 saturated carbocycles. The molecule has 12 nitrogen and oxygen atoms in total. The van der Waals surface area contributed by atoms with Gasteiger partial charge in [-0.3, -0.25) is 24.0 Å². The minimum absolute atomic E-state index is 0.0130. The predicted molar refractivity (Wildman–Crippen MR) is 168 cm³/mol. The summed E-state index contributed by atoms with van der Waals surface area (Å²) in [7, 11) is 1.57. The van der Waals surface area contributed by atoms with Gasteiger partial charge in [0.25, 0.3) is 11.8 Å². The number of ether oxygens (including phenoxy) is 2. The minimum Gasteiger partial charge on any atom is -0.496 e. The molecule has 0 spiro atoms. The summed E-state index contributed by atoms with van der Waals surface area (Å²) >= 11 is 0. The first-order valence-corrected chi connectivity index (χ1v) is 15.9. The number of H-pyrrole nitrogens is 1. The Balaban J connectivity index is 1.18. The van der Waals surface area contributed by atoms with Gasteiger partial charge in [-0.25, -0.2) is 0 Å². The molecule has 242 valence electrons. The number of fused-ring (bicyclic) bond motifs is 2. The van der Waals surface area contributed by atoms with Crippen LogP contribution in [-0.2, 0) is 19.2 Å². The monoisotopic (exact) mass is 629 g/mol. The van der Waals surface area contributed by atoms with Gasteiger partial charge in [-0.1, -0.05) is 30.7 Å². The van der Waals surface area contributed by atoms with Crippen LogP contribution >= 0.6 is 0 Å². The van der Waals surface area contributed by atoms with Gasteiger partial charge in [-0.15, -0.1) is 0 Å². The number of aromatic nitrogens is 1. The maximum atomic E-state index is 14.1. The van der Waals surface area contributed by atoms with Crippen LogP contribution in [0.5, 0.6) is 11.5 Å². The lowest BCUT2D eigenvalue weighted by Crippen LogP contribution is -2.55. The number of benzene rings is 2. The Kier molecular flexibility index (Phi) is 9.23. The summed E-state index contributed by atoms with van der Waals surface area (Å²) < 4.78 is 11.1. The molecule has 2 aliphatic heterocycles. The molecular formula is C34H39N5O7. The normalized spacial score (nSPS) is 22.6. The SMILES string of the molecule is COc1cccc2[nH]c(C(=O)N3C[C@@H]4CCC[C@@H]4[C@H]3C(=O)N[C@@H](C[C@@H]3CCNC3=O)C(=O)C(=O)NCCOc3ccccc3)cc12. The van der Waals surface area contributed by atoms with E-state index >= 15 is 0 Å². The van der Waals surface area contributed by atoms with E-state index in [0.29, 0.717) is 36.7 Å². The molecule has 0 bridgehead atoms. The van der Waals surface area contributed by atoms with E-state index < -0.39 is 35.6 Å². The maximum absolute atomic E-state index is 14.1. The van der Waals surface area contributed by atoms with Crippen LogP contribution in [0.2, 0.25) is 0 Å². The van der Waals surface area contributed by atoms with Gasteiger partial charge in [0.15, 0.2) is 0 Å². The number of amides is 4. The molecule has 6 rings (SSSR count). The highest BCUT2D eigenvalue weighted by Crippen LogP contribution is 2.43. The number of methoxy groups -OCH3 is 1. The molecule has 3 aliphatic rings. The number of rotatable bonds is 12. The predicted octanol–water partition coefficient (Wildman–Crippen LogP) is 2.19. The standard InChI is InChI=1S/C34H39N5O7/c1-45-28-12-6-11-25-24(28)18-27(37-25)34(44)39-19-21-7-5-10-23(21)29(39)32(42)38-26(17-20-13-14-35-31(20)41)30(40)33(43)36-15-16-46-22-8-3-2-4-9-22/h2-4,6,8-9,11-12,18,20-21,23,26,29,37H,5,7,10,13-17,19H2,1H3,(H,35,41)(H,36,43)(H,38,42)/t20-,21-,23-,26-,29-/m0/s1. The molecular weight excluding hydrogens is 590 g/mol. The number of hydrogen-bond donors (Lipinski definition) is 4. The number of Topliss-reactive ketones (excluding diaryl/α,β-unsaturated/α-hetero) is 1. The number of hydrogen-bond acceptors (Lipinski definition) is 7. The summed E-state index contributed by atoms with van der Waals surface area (Å²) in [4.78, 5) is 71.7. The van der Waals surface area contributed by atoms with Crippen molar-refractivity contribution in [3.63, 3.8) is 0 Å². The fourth-order valence-corrected chi connectivity index (χ4v) is 7.16. The fourth-order valence-electron chi connectivity index (χ4n) is 7.16. The molecule has 2 saturated heterocycles. The van der Waals surface area contributed by atoms with Gasteiger partial charge in [-0.2, -0.15) is 0 Å². The number of nitrogens with one attached hydrogen (secondary N) is 4. The van der Waals surface area contributed by atoms with Gasteiger partial charge >= 0.3 is 0 Å². The van der Waals surface area contributed by atoms with Crippen molar-refractivity contribution in [2.75, 3.05) is 33.4 Å². The second-order valence-electron chi connectivity index (χ2n) is 12.2. The van der Waals surface area contributed by atoms with Gasteiger partial charge in [0, 0.05) is 29.9 Å². The highest BCUT2D eigenvalue weighted by Gasteiger charge is 2.50. The molecule has 1 aromatic heterocycles. The second kappa shape index (κ2) is 13.6. The second-order valence-corrected chi connectivity index (χ2v) is 12.2. The van der Waals surface area contributed by atoms with E-state index in [0.717, 1.165) is 30.2 Å². The molecule has 46 heavy (non-hydrogen) atoms. The number of carbonyl (C=O) groups excluding carboxylic acids is 5. The van der Waals surface area contributed by atoms with Crippen LogP contribution in [0.25, 0.3) is 10.9 Å². The van der Waals surface area contributed by atoms with E-state index in [1.165, 1.54) is 0 Å². The van der Waals surface area contributed by atoms with Gasteiger partial charge in [0.1, 0.15) is 29.8 Å². The van der Waals surface area contributed by atoms with Crippen molar-refractivity contribution in [1.82, 2.24) is 25.8 Å². The quantitative estimate of drug-likeness (QED) is 0.177. The Morgan fingerprint density at radius 2 is 1.87 bits per heavy atom. The van der Waals surface area contributed by atoms with E-state index in [9.17, 15) is 24.0 Å². The maximum Gasteiger partial charge on any atom is 0.289 e. The van der Waals surface area contributed by atoms with E-state index in [4.69, 9.17) is 9.47 Å². The number of ketones is 1. The number of carbonyl (C=O) groups is 5. The van der Waals surface area contributed by atoms with Crippen molar-refractivity contribution in [2.45, 2.75) is 44.2 Å². The van der Waals surface area contributed by atoms with Crippen LogP contribution in [0, 0.1) is 17.8 Å². The number of likely N-dealkylation sites (tertiary alicyclic amines) is 1. The minimum atomic E-state index is -1.23. The zero-order valence-electron chi connectivity index (χ0n) is 25.8. The topological polar surface area (TPSA) is 159 Å². The van der Waals surface area contributed by atoms with Gasteiger partial charge < -0.3 is 35.3 Å². The van der Waals surface area contributed by atoms with Gasteiger partial charge in [0.2, 0.25) is 17.6 Å². The zero-order valence-corrected chi connectivity index (χ0v) is 25.8. The molecule has 0 unspecified atom stereocenters. The smallest absolute Gasteiger partial charge is 0.289 e. The molecule has 4 N–H and O–H groups in total. The van der Waals surface area contributed by atoms with Crippen molar-refractivity contribution < 1.29 is 33.4 Å². The Bertz CT molecular complexity index is 1620. The Morgan fingerprint density at radius 1 is 1.04 bits per heavy atom. The summed E-state index contributed by atoms with van der Waals surface area (Å²) in [6.07, 6.45) is 3.10. The summed E-state index contributed by atoms with van der Waals surface area (Å²) in [5.74, 6) is -1.92. The lowest BCUT2D eigenvalue weighted by atomic mass is 9.91. The van der Waals surface area contributed by atoms with Crippen molar-refractivity contribution in [3.05, 3.63) is 60.3 Å². The van der Waals surface area contributed by atoms with Crippen LogP contribution in [0.15, 0.2) is 54.6 Å². The average molecular weight is 630 g/mol. The first kappa shape index (κ1) is 31.1. The average Bonchev–Trinajstić information content (AvgIpc) is 3.86. The highest BCUT2D eigenvalue weighted by atomic mass is 16.5. The van der Waals surface area contributed by atoms with Crippen LogP contribution in [0.4, 0.5) is 0 Å². The summed E-state index contributed by atoms with van der Waals surface area (Å²) in [6.45, 7) is 1.10. The van der Waals surface area contributed by atoms with Gasteiger partial charge in [-0.05, 0) is 67.9 Å². The molecule has 5 atom stereocenters. The van der Waals surface area contributed by atoms with Crippen LogP contribution in [-0.4, -0.2) is 84.7 Å². The lowest BCUT2D eigenvalue weighted by molar-refractivity contribution is -0.141. The number of para-hydroxylation sites is 1. The molecule has 4 amide bonds. The molecule has 3 heterocycles. The van der Waals surface area contributed by atoms with Crippen LogP contribution < -0.4 is 25.4 Å². The highest BCUT2D eigenvalue weighted by molar-refractivity contribution is 6.38. The van der Waals surface area contributed by atoms with E-state index in [2.05, 4.69) is 20.9 Å². The third-order valence-electron chi connectivity index (χ3n) is 9.43. The van der Waals surface area contributed by atoms with Crippen LogP contribution in [0.3, 0.4) is 0 Å². The van der Waals surface area contributed by atoms with Crippen LogP contribution in [0.1, 0.15) is 42.6 Å². The largest absolute Gasteiger partial charge is 0.496 e. The number of aromatic amines is 1. The third kappa shape index (κ3) is 6.42. The molecule has 3 fully saturated rings. The molecule has 0 radical (unpaired) electrons. The Morgan fingerprint density at radius 3 is 2.63 bits per heavy atom. The van der Waals surface area contributed by atoms with Gasteiger partial charge in [0.05, 0.1) is 19.7 Å². The fraction of sp³-hybridized carbons (Fsp3) is 0.441. The Hall–Kier alpha value is -4.87. The van der Waals surface area contributed by atoms with Crippen molar-refractivity contribution in [1.29, 1.82) is 0 Å².